The van der Waals surface area contributed by atoms with E-state index >= 15 is 0 Å². The standard InChI is InChI=1S/C21H23FO3S/c1-14(2)26(24,25)13-15-3-6-17(7-4-15)21(23)10-16-5-8-18-11-20(22)12-19(18)9-16/h3-9,14,20H,10-13H2,1-2H3. The van der Waals surface area contributed by atoms with Crippen LogP contribution in [0.5, 0.6) is 0 Å². The Morgan fingerprint density at radius 3 is 2.31 bits per heavy atom. The molecule has 0 fully saturated rings. The SMILES string of the molecule is CC(C)S(=O)(=O)Cc1ccc(C(=O)Cc2ccc3c(c2)CC(F)C3)cc1. The van der Waals surface area contributed by atoms with Crippen LogP contribution in [0.3, 0.4) is 0 Å². The zero-order valence-electron chi connectivity index (χ0n) is 15.0. The summed E-state index contributed by atoms with van der Waals surface area (Å²) < 4.78 is 37.4. The van der Waals surface area contributed by atoms with Gasteiger partial charge in [-0.3, -0.25) is 4.79 Å². The summed E-state index contributed by atoms with van der Waals surface area (Å²) in [7, 11) is -3.16. The van der Waals surface area contributed by atoms with E-state index in [1.165, 1.54) is 0 Å². The van der Waals surface area contributed by atoms with Crippen LogP contribution >= 0.6 is 0 Å². The van der Waals surface area contributed by atoms with Gasteiger partial charge in [0.05, 0.1) is 11.0 Å². The van der Waals surface area contributed by atoms with E-state index in [1.807, 2.05) is 18.2 Å². The smallest absolute Gasteiger partial charge is 0.167 e. The molecule has 138 valence electrons. The van der Waals surface area contributed by atoms with Gasteiger partial charge in [-0.15, -0.1) is 0 Å². The Labute approximate surface area is 154 Å². The second-order valence-corrected chi connectivity index (χ2v) is 9.82. The Morgan fingerprint density at radius 1 is 1.04 bits per heavy atom. The molecule has 5 heteroatoms. The zero-order chi connectivity index (χ0) is 18.9. The van der Waals surface area contributed by atoms with Crippen LogP contribution in [0.4, 0.5) is 4.39 Å². The molecule has 2 aromatic carbocycles. The van der Waals surface area contributed by atoms with E-state index in [9.17, 15) is 17.6 Å². The van der Waals surface area contributed by atoms with Gasteiger partial charge >= 0.3 is 0 Å². The summed E-state index contributed by atoms with van der Waals surface area (Å²) >= 11 is 0. The average Bonchev–Trinajstić information content (AvgIpc) is 2.94. The summed E-state index contributed by atoms with van der Waals surface area (Å²) in [6, 6.07) is 12.5. The van der Waals surface area contributed by atoms with E-state index in [4.69, 9.17) is 0 Å². The molecule has 2 aromatic rings. The van der Waals surface area contributed by atoms with Crippen molar-refractivity contribution in [3.8, 4) is 0 Å². The van der Waals surface area contributed by atoms with Crippen LogP contribution in [0.15, 0.2) is 42.5 Å². The van der Waals surface area contributed by atoms with Crippen molar-refractivity contribution in [3.05, 3.63) is 70.3 Å². The summed E-state index contributed by atoms with van der Waals surface area (Å²) in [5, 5.41) is -0.424. The van der Waals surface area contributed by atoms with E-state index in [1.54, 1.807) is 38.1 Å². The normalized spacial score (nSPS) is 16.7. The van der Waals surface area contributed by atoms with E-state index in [0.717, 1.165) is 16.7 Å². The fourth-order valence-corrected chi connectivity index (χ4v) is 4.19. The molecular weight excluding hydrogens is 351 g/mol. The lowest BCUT2D eigenvalue weighted by Crippen LogP contribution is -2.16. The van der Waals surface area contributed by atoms with Crippen molar-refractivity contribution in [2.24, 2.45) is 0 Å². The molecule has 1 aliphatic rings. The molecule has 1 unspecified atom stereocenters. The van der Waals surface area contributed by atoms with E-state index in [-0.39, 0.29) is 18.0 Å². The Morgan fingerprint density at radius 2 is 1.65 bits per heavy atom. The van der Waals surface area contributed by atoms with Gasteiger partial charge in [0.2, 0.25) is 0 Å². The van der Waals surface area contributed by atoms with E-state index in [2.05, 4.69) is 0 Å². The van der Waals surface area contributed by atoms with Crippen molar-refractivity contribution in [3.63, 3.8) is 0 Å². The Hall–Kier alpha value is -2.01. The number of hydrogen-bond acceptors (Lipinski definition) is 3. The highest BCUT2D eigenvalue weighted by Crippen LogP contribution is 2.25. The Bertz CT molecular complexity index is 915. The van der Waals surface area contributed by atoms with Gasteiger partial charge in [0.25, 0.3) is 0 Å². The predicted molar refractivity (Wildman–Crippen MR) is 101 cm³/mol. The summed E-state index contributed by atoms with van der Waals surface area (Å²) in [5.74, 6) is -0.0491. The highest BCUT2D eigenvalue weighted by atomic mass is 32.2. The molecule has 26 heavy (non-hydrogen) atoms. The van der Waals surface area contributed by atoms with Crippen LogP contribution in [-0.4, -0.2) is 25.6 Å². The molecule has 0 spiro atoms. The number of Topliss-reactive ketones (excluding diaryl/α,β-unsaturated/α-hetero) is 1. The lowest BCUT2D eigenvalue weighted by atomic mass is 9.99. The van der Waals surface area contributed by atoms with Crippen LogP contribution in [-0.2, 0) is 34.9 Å². The van der Waals surface area contributed by atoms with E-state index < -0.39 is 21.3 Å². The molecule has 0 amide bonds. The topological polar surface area (TPSA) is 51.2 Å². The van der Waals surface area contributed by atoms with E-state index in [0.29, 0.717) is 24.0 Å². The van der Waals surface area contributed by atoms with Crippen molar-refractivity contribution in [2.75, 3.05) is 0 Å². The number of carbonyl (C=O) groups excluding carboxylic acids is 1. The minimum atomic E-state index is -3.16. The summed E-state index contributed by atoms with van der Waals surface area (Å²) in [6.07, 6.45) is 0.333. The lowest BCUT2D eigenvalue weighted by Gasteiger charge is -2.08. The minimum Gasteiger partial charge on any atom is -0.294 e. The molecule has 0 bridgehead atoms. The maximum atomic E-state index is 13.5. The van der Waals surface area contributed by atoms with Crippen molar-refractivity contribution < 1.29 is 17.6 Å². The fraction of sp³-hybridized carbons (Fsp3) is 0.381. The van der Waals surface area contributed by atoms with Gasteiger partial charge in [-0.25, -0.2) is 12.8 Å². The summed E-state index contributed by atoms with van der Waals surface area (Å²) in [6.45, 7) is 3.32. The Balaban J connectivity index is 1.68. The fourth-order valence-electron chi connectivity index (χ4n) is 3.20. The third kappa shape index (κ3) is 4.21. The maximum absolute atomic E-state index is 13.5. The van der Waals surface area contributed by atoms with Gasteiger partial charge < -0.3 is 0 Å². The van der Waals surface area contributed by atoms with Crippen molar-refractivity contribution in [2.45, 2.75) is 50.3 Å². The van der Waals surface area contributed by atoms with Gasteiger partial charge in [-0.1, -0.05) is 42.5 Å². The van der Waals surface area contributed by atoms with Gasteiger partial charge in [0.1, 0.15) is 6.17 Å². The molecule has 0 saturated heterocycles. The van der Waals surface area contributed by atoms with Gasteiger partial charge in [-0.2, -0.15) is 0 Å². The number of benzene rings is 2. The number of halogens is 1. The number of ketones is 1. The third-order valence-corrected chi connectivity index (χ3v) is 7.05. The van der Waals surface area contributed by atoms with Crippen LogP contribution < -0.4 is 0 Å². The third-order valence-electron chi connectivity index (χ3n) is 4.88. The molecular formula is C21H23FO3S. The average molecular weight is 374 g/mol. The summed E-state index contributed by atoms with van der Waals surface area (Å²) in [5.41, 5.74) is 4.15. The van der Waals surface area contributed by atoms with Crippen molar-refractivity contribution in [1.29, 1.82) is 0 Å². The first-order chi connectivity index (χ1) is 12.2. The molecule has 0 saturated carbocycles. The number of rotatable bonds is 6. The van der Waals surface area contributed by atoms with Crippen LogP contribution in [0, 0.1) is 0 Å². The lowest BCUT2D eigenvalue weighted by molar-refractivity contribution is 0.0993. The molecule has 0 heterocycles. The largest absolute Gasteiger partial charge is 0.294 e. The molecule has 3 nitrogen and oxygen atoms in total. The number of sulfone groups is 1. The van der Waals surface area contributed by atoms with Gasteiger partial charge in [-0.05, 0) is 36.1 Å². The Kier molecular flexibility index (Phi) is 5.28. The van der Waals surface area contributed by atoms with Crippen molar-refractivity contribution >= 4 is 15.6 Å². The summed E-state index contributed by atoms with van der Waals surface area (Å²) in [4.78, 5) is 12.5. The molecule has 1 aliphatic carbocycles. The maximum Gasteiger partial charge on any atom is 0.167 e. The quantitative estimate of drug-likeness (QED) is 0.721. The molecule has 0 radical (unpaired) electrons. The second kappa shape index (κ2) is 7.31. The highest BCUT2D eigenvalue weighted by Gasteiger charge is 2.21. The minimum absolute atomic E-state index is 0.0195. The number of carbonyl (C=O) groups is 1. The zero-order valence-corrected chi connectivity index (χ0v) is 15.9. The number of alkyl halides is 1. The van der Waals surface area contributed by atoms with Crippen molar-refractivity contribution in [1.82, 2.24) is 0 Å². The first-order valence-electron chi connectivity index (χ1n) is 8.83. The molecule has 0 aromatic heterocycles. The van der Waals surface area contributed by atoms with Gasteiger partial charge in [0.15, 0.2) is 15.6 Å². The molecule has 3 rings (SSSR count). The highest BCUT2D eigenvalue weighted by molar-refractivity contribution is 7.91. The van der Waals surface area contributed by atoms with Crippen LogP contribution in [0.2, 0.25) is 0 Å². The molecule has 0 aliphatic heterocycles. The number of fused-ring (bicyclic) bond motifs is 1. The van der Waals surface area contributed by atoms with Crippen LogP contribution in [0.25, 0.3) is 0 Å². The number of hydrogen-bond donors (Lipinski definition) is 0. The molecule has 0 N–H and O–H groups in total. The second-order valence-electron chi connectivity index (χ2n) is 7.26. The molecule has 1 atom stereocenters. The van der Waals surface area contributed by atoms with Gasteiger partial charge in [0, 0.05) is 24.8 Å². The van der Waals surface area contributed by atoms with Crippen LogP contribution in [0.1, 0.15) is 46.5 Å². The monoisotopic (exact) mass is 374 g/mol. The first-order valence-corrected chi connectivity index (χ1v) is 10.5. The predicted octanol–water partition coefficient (Wildman–Crippen LogP) is 3.87. The first kappa shape index (κ1) is 18.8.